The summed E-state index contributed by atoms with van der Waals surface area (Å²) in [7, 11) is 0. The predicted octanol–water partition coefficient (Wildman–Crippen LogP) is -4.12. The van der Waals surface area contributed by atoms with Crippen LogP contribution in [0.3, 0.4) is 0 Å². The summed E-state index contributed by atoms with van der Waals surface area (Å²) in [5.41, 5.74) is 32.2. The van der Waals surface area contributed by atoms with Crippen molar-refractivity contribution in [2.45, 2.75) is 76.5 Å². The van der Waals surface area contributed by atoms with Gasteiger partial charge in [0.15, 0.2) is 11.9 Å². The number of aliphatic imine (C=N–C) groups is 2. The van der Waals surface area contributed by atoms with E-state index in [-0.39, 0.29) is 50.2 Å². The number of aliphatic carboxylic acids is 1. The second-order valence-electron chi connectivity index (χ2n) is 9.01. The Morgan fingerprint density at radius 2 is 1.28 bits per heavy atom. The zero-order chi connectivity index (χ0) is 30.1. The van der Waals surface area contributed by atoms with Crippen molar-refractivity contribution in [2.75, 3.05) is 13.1 Å². The van der Waals surface area contributed by atoms with Crippen LogP contribution in [0.1, 0.15) is 52.4 Å². The number of carboxylic acid groups (broad SMARTS) is 1. The maximum atomic E-state index is 13.2. The molecule has 0 radical (unpaired) electrons. The minimum absolute atomic E-state index is 0.0166. The van der Waals surface area contributed by atoms with Crippen molar-refractivity contribution in [3.8, 4) is 0 Å². The van der Waals surface area contributed by atoms with Gasteiger partial charge in [0.1, 0.15) is 18.1 Å². The lowest BCUT2D eigenvalue weighted by molar-refractivity contribution is -0.143. The Bertz CT molecular complexity index is 903. The standard InChI is InChI=1S/C22H43N11O6/c1-3-11(2)16(33-17(35)12(23)6-4-8-29-21(25)26)19(37)31-13(7-5-9-30-22(27)28)18(36)32-14(20(38)39)10-15(24)34/h11-14,16H,3-10,23H2,1-2H3,(H2,24,34)(H,31,37)(H,32,36)(H,33,35)(H,38,39)(H4,25,26,29)(H4,27,28,30). The van der Waals surface area contributed by atoms with Crippen LogP contribution in [0.2, 0.25) is 0 Å². The van der Waals surface area contributed by atoms with Crippen molar-refractivity contribution < 1.29 is 29.1 Å². The third-order valence-electron chi connectivity index (χ3n) is 5.70. The van der Waals surface area contributed by atoms with Crippen molar-refractivity contribution in [3.05, 3.63) is 0 Å². The Hall–Kier alpha value is -4.15. The van der Waals surface area contributed by atoms with Gasteiger partial charge in [-0.1, -0.05) is 20.3 Å². The average molecular weight is 558 g/mol. The first-order valence-electron chi connectivity index (χ1n) is 12.5. The number of carbonyl (C=O) groups is 5. The Morgan fingerprint density at radius 3 is 1.74 bits per heavy atom. The first-order valence-corrected chi connectivity index (χ1v) is 12.5. The van der Waals surface area contributed by atoms with Crippen LogP contribution in [0.5, 0.6) is 0 Å². The Labute approximate surface area is 226 Å². The monoisotopic (exact) mass is 557 g/mol. The number of nitrogens with one attached hydrogen (secondary N) is 3. The van der Waals surface area contributed by atoms with Crippen LogP contribution in [-0.4, -0.2) is 83.9 Å². The zero-order valence-corrected chi connectivity index (χ0v) is 22.4. The molecule has 0 aliphatic heterocycles. The SMILES string of the molecule is CCC(C)C(NC(=O)C(N)CCCN=C(N)N)C(=O)NC(CCCN=C(N)N)C(=O)NC(CC(N)=O)C(=O)O. The van der Waals surface area contributed by atoms with E-state index in [0.29, 0.717) is 12.8 Å². The lowest BCUT2D eigenvalue weighted by Crippen LogP contribution is -2.58. The molecule has 39 heavy (non-hydrogen) atoms. The zero-order valence-electron chi connectivity index (χ0n) is 22.4. The van der Waals surface area contributed by atoms with Crippen LogP contribution in [0, 0.1) is 5.92 Å². The molecule has 0 rings (SSSR count). The molecular weight excluding hydrogens is 514 g/mol. The Morgan fingerprint density at radius 1 is 0.769 bits per heavy atom. The van der Waals surface area contributed by atoms with E-state index < -0.39 is 60.2 Å². The molecule has 0 fully saturated rings. The van der Waals surface area contributed by atoms with Gasteiger partial charge < -0.3 is 55.5 Å². The molecule has 5 atom stereocenters. The summed E-state index contributed by atoms with van der Waals surface area (Å²) in [5, 5.41) is 16.7. The van der Waals surface area contributed by atoms with Gasteiger partial charge in [0.25, 0.3) is 0 Å². The first-order chi connectivity index (χ1) is 18.2. The van der Waals surface area contributed by atoms with Gasteiger partial charge in [0, 0.05) is 13.1 Å². The average Bonchev–Trinajstić information content (AvgIpc) is 2.84. The van der Waals surface area contributed by atoms with Gasteiger partial charge in [0.05, 0.1) is 12.5 Å². The summed E-state index contributed by atoms with van der Waals surface area (Å²) in [6, 6.07) is -4.84. The van der Waals surface area contributed by atoms with Gasteiger partial charge in [-0.25, -0.2) is 4.79 Å². The number of amides is 4. The second kappa shape index (κ2) is 18.2. The van der Waals surface area contributed by atoms with Gasteiger partial charge in [-0.05, 0) is 31.6 Å². The van der Waals surface area contributed by atoms with E-state index in [1.807, 2.05) is 6.92 Å². The van der Waals surface area contributed by atoms with E-state index in [2.05, 4.69) is 25.9 Å². The van der Waals surface area contributed by atoms with Crippen molar-refractivity contribution in [1.29, 1.82) is 0 Å². The third kappa shape index (κ3) is 15.0. The molecule has 17 heteroatoms. The summed E-state index contributed by atoms with van der Waals surface area (Å²) >= 11 is 0. The van der Waals surface area contributed by atoms with E-state index in [1.165, 1.54) is 0 Å². The van der Waals surface area contributed by atoms with Crippen LogP contribution in [0.25, 0.3) is 0 Å². The molecule has 16 N–H and O–H groups in total. The molecule has 0 saturated carbocycles. The molecule has 0 bridgehead atoms. The highest BCUT2D eigenvalue weighted by molar-refractivity contribution is 5.95. The second-order valence-corrected chi connectivity index (χ2v) is 9.01. The molecular formula is C22H43N11O6. The van der Waals surface area contributed by atoms with Gasteiger partial charge in [-0.2, -0.15) is 0 Å². The fourth-order valence-corrected chi connectivity index (χ4v) is 3.32. The van der Waals surface area contributed by atoms with Gasteiger partial charge in [-0.15, -0.1) is 0 Å². The van der Waals surface area contributed by atoms with E-state index in [1.54, 1.807) is 6.92 Å². The molecule has 0 aliphatic carbocycles. The van der Waals surface area contributed by atoms with Crippen LogP contribution in [-0.2, 0) is 24.0 Å². The molecule has 5 unspecified atom stereocenters. The maximum Gasteiger partial charge on any atom is 0.326 e. The number of nitrogens with zero attached hydrogens (tertiary/aromatic N) is 2. The number of carboxylic acids is 1. The van der Waals surface area contributed by atoms with Gasteiger partial charge in [-0.3, -0.25) is 29.2 Å². The van der Waals surface area contributed by atoms with Crippen molar-refractivity contribution in [2.24, 2.45) is 50.3 Å². The van der Waals surface area contributed by atoms with Crippen molar-refractivity contribution in [1.82, 2.24) is 16.0 Å². The highest BCUT2D eigenvalue weighted by Gasteiger charge is 2.32. The van der Waals surface area contributed by atoms with Gasteiger partial charge in [0.2, 0.25) is 23.6 Å². The minimum atomic E-state index is -1.60. The largest absolute Gasteiger partial charge is 0.480 e. The van der Waals surface area contributed by atoms with E-state index in [9.17, 15) is 29.1 Å². The number of primary amides is 1. The smallest absolute Gasteiger partial charge is 0.326 e. The lowest BCUT2D eigenvalue weighted by Gasteiger charge is -2.28. The van der Waals surface area contributed by atoms with Crippen molar-refractivity contribution >= 4 is 41.5 Å². The normalized spacial score (nSPS) is 14.4. The molecule has 222 valence electrons. The Kier molecular flexibility index (Phi) is 16.2. The van der Waals surface area contributed by atoms with E-state index in [4.69, 9.17) is 34.4 Å². The number of carbonyl (C=O) groups excluding carboxylic acids is 4. The highest BCUT2D eigenvalue weighted by Crippen LogP contribution is 2.11. The van der Waals surface area contributed by atoms with E-state index in [0.717, 1.165) is 0 Å². The van der Waals surface area contributed by atoms with Crippen molar-refractivity contribution in [3.63, 3.8) is 0 Å². The predicted molar refractivity (Wildman–Crippen MR) is 144 cm³/mol. The molecule has 4 amide bonds. The van der Waals surface area contributed by atoms with Crippen LogP contribution >= 0.6 is 0 Å². The summed E-state index contributed by atoms with van der Waals surface area (Å²) in [6.07, 6.45) is 0.791. The lowest BCUT2D eigenvalue weighted by atomic mass is 9.96. The Balaban J connectivity index is 5.62. The molecule has 0 saturated heterocycles. The molecule has 0 heterocycles. The molecule has 0 aromatic carbocycles. The maximum absolute atomic E-state index is 13.2. The fourth-order valence-electron chi connectivity index (χ4n) is 3.32. The fraction of sp³-hybridized carbons (Fsp3) is 0.682. The quantitative estimate of drug-likeness (QED) is 0.0413. The molecule has 0 aromatic heterocycles. The minimum Gasteiger partial charge on any atom is -0.480 e. The van der Waals surface area contributed by atoms with Crippen LogP contribution in [0.4, 0.5) is 0 Å². The molecule has 0 spiro atoms. The number of hydrogen-bond acceptors (Lipinski definition) is 8. The van der Waals surface area contributed by atoms with E-state index >= 15 is 0 Å². The number of nitrogens with two attached hydrogens (primary N) is 6. The molecule has 0 aliphatic rings. The highest BCUT2D eigenvalue weighted by atomic mass is 16.4. The topological polar surface area (TPSA) is 323 Å². The summed E-state index contributed by atoms with van der Waals surface area (Å²) < 4.78 is 0. The summed E-state index contributed by atoms with van der Waals surface area (Å²) in [5.74, 6) is -5.15. The third-order valence-corrected chi connectivity index (χ3v) is 5.70. The number of guanidine groups is 2. The summed E-state index contributed by atoms with van der Waals surface area (Å²) in [6.45, 7) is 3.96. The van der Waals surface area contributed by atoms with Crippen LogP contribution < -0.4 is 50.4 Å². The number of rotatable bonds is 19. The van der Waals surface area contributed by atoms with Gasteiger partial charge >= 0.3 is 5.97 Å². The summed E-state index contributed by atoms with van der Waals surface area (Å²) in [4.78, 5) is 69.2. The number of hydrogen-bond donors (Lipinski definition) is 10. The first kappa shape index (κ1) is 34.9. The van der Waals surface area contributed by atoms with Crippen LogP contribution in [0.15, 0.2) is 9.98 Å². The molecule has 17 nitrogen and oxygen atoms in total. The molecule has 0 aromatic rings.